The minimum atomic E-state index is -3.69. The third-order valence-corrected chi connectivity index (χ3v) is 7.21. The molecular formula is C17H21N3O5S2. The van der Waals surface area contributed by atoms with Gasteiger partial charge in [-0.3, -0.25) is 4.79 Å². The summed E-state index contributed by atoms with van der Waals surface area (Å²) in [6, 6.07) is 1.61. The summed E-state index contributed by atoms with van der Waals surface area (Å²) in [7, 11) is -3.69. The third kappa shape index (κ3) is 4.83. The Morgan fingerprint density at radius 1 is 1.44 bits per heavy atom. The van der Waals surface area contributed by atoms with Gasteiger partial charge in [0.1, 0.15) is 0 Å². The number of aryl methyl sites for hydroxylation is 2. The quantitative estimate of drug-likeness (QED) is 0.579. The van der Waals surface area contributed by atoms with Crippen molar-refractivity contribution >= 4 is 33.3 Å². The zero-order valence-electron chi connectivity index (χ0n) is 15.0. The second kappa shape index (κ2) is 8.34. The van der Waals surface area contributed by atoms with Gasteiger partial charge in [-0.2, -0.15) is 8.42 Å². The Hall–Kier alpha value is -2.01. The highest BCUT2D eigenvalue weighted by Gasteiger charge is 2.22. The summed E-state index contributed by atoms with van der Waals surface area (Å²) >= 11 is 1.13. The molecule has 146 valence electrons. The molecule has 0 spiro atoms. The fraction of sp³-hybridized carbons (Fsp3) is 0.412. The lowest BCUT2D eigenvalue weighted by Gasteiger charge is -2.21. The molecule has 1 atom stereocenters. The molecule has 8 nitrogen and oxygen atoms in total. The molecule has 3 rings (SSSR count). The van der Waals surface area contributed by atoms with Crippen molar-refractivity contribution in [3.8, 4) is 0 Å². The van der Waals surface area contributed by atoms with E-state index in [0.717, 1.165) is 34.6 Å². The molecule has 1 aliphatic rings. The van der Waals surface area contributed by atoms with E-state index >= 15 is 0 Å². The SMILES string of the molecule is Cc1nc(C)c(S(=O)(=O)n2ccc(C=CC(=O)NOC3CCCCO3)c2)s1. The van der Waals surface area contributed by atoms with E-state index in [9.17, 15) is 13.2 Å². The Balaban J connectivity index is 1.62. The highest BCUT2D eigenvalue weighted by atomic mass is 32.2. The maximum Gasteiger partial charge on any atom is 0.279 e. The number of amides is 1. The highest BCUT2D eigenvalue weighted by molar-refractivity contribution is 7.92. The van der Waals surface area contributed by atoms with Crippen LogP contribution in [0.1, 0.15) is 35.5 Å². The summed E-state index contributed by atoms with van der Waals surface area (Å²) in [6.07, 6.45) is 7.97. The van der Waals surface area contributed by atoms with Crippen molar-refractivity contribution in [2.24, 2.45) is 0 Å². The second-order valence-electron chi connectivity index (χ2n) is 6.10. The van der Waals surface area contributed by atoms with Crippen LogP contribution in [0, 0.1) is 13.8 Å². The fourth-order valence-corrected chi connectivity index (χ4v) is 5.40. The van der Waals surface area contributed by atoms with Gasteiger partial charge >= 0.3 is 0 Å². The maximum atomic E-state index is 12.7. The van der Waals surface area contributed by atoms with Crippen LogP contribution < -0.4 is 5.48 Å². The zero-order valence-corrected chi connectivity index (χ0v) is 16.7. The maximum absolute atomic E-state index is 12.7. The molecule has 1 saturated heterocycles. The molecule has 1 unspecified atom stereocenters. The van der Waals surface area contributed by atoms with Gasteiger partial charge in [0, 0.05) is 31.5 Å². The Bertz CT molecular complexity index is 940. The monoisotopic (exact) mass is 411 g/mol. The molecule has 0 aromatic carbocycles. The summed E-state index contributed by atoms with van der Waals surface area (Å²) in [5.74, 6) is -0.450. The van der Waals surface area contributed by atoms with Crippen molar-refractivity contribution in [1.29, 1.82) is 0 Å². The van der Waals surface area contributed by atoms with Crippen LogP contribution in [0.15, 0.2) is 28.7 Å². The highest BCUT2D eigenvalue weighted by Crippen LogP contribution is 2.25. The van der Waals surface area contributed by atoms with Crippen LogP contribution in [0.2, 0.25) is 0 Å². The minimum absolute atomic E-state index is 0.213. The molecule has 1 amide bonds. The van der Waals surface area contributed by atoms with Crippen LogP contribution in [0.5, 0.6) is 0 Å². The van der Waals surface area contributed by atoms with Gasteiger partial charge in [0.2, 0.25) is 0 Å². The standard InChI is InChI=1S/C17H21N3O5S2/c1-12-17(26-13(2)18-12)27(22,23)20-9-8-14(11-20)6-7-15(21)19-25-16-5-3-4-10-24-16/h6-9,11,16H,3-5,10H2,1-2H3,(H,19,21). The molecule has 0 radical (unpaired) electrons. The van der Waals surface area contributed by atoms with Gasteiger partial charge in [-0.25, -0.2) is 19.3 Å². The third-order valence-electron chi connectivity index (χ3n) is 3.92. The molecule has 0 aliphatic carbocycles. The number of hydrogen-bond donors (Lipinski definition) is 1. The van der Waals surface area contributed by atoms with E-state index in [1.807, 2.05) is 0 Å². The molecule has 1 N–H and O–H groups in total. The molecule has 1 fully saturated rings. The minimum Gasteiger partial charge on any atom is -0.350 e. The summed E-state index contributed by atoms with van der Waals surface area (Å²) in [4.78, 5) is 21.2. The first-order valence-electron chi connectivity index (χ1n) is 8.49. The van der Waals surface area contributed by atoms with Crippen molar-refractivity contribution in [1.82, 2.24) is 14.4 Å². The van der Waals surface area contributed by atoms with Crippen molar-refractivity contribution in [2.45, 2.75) is 43.6 Å². The van der Waals surface area contributed by atoms with E-state index in [0.29, 0.717) is 22.9 Å². The average Bonchev–Trinajstić information content (AvgIpc) is 3.26. The van der Waals surface area contributed by atoms with Gasteiger partial charge in [-0.05, 0) is 44.4 Å². The van der Waals surface area contributed by atoms with Crippen molar-refractivity contribution in [2.75, 3.05) is 6.61 Å². The Labute approximate surface area is 161 Å². The van der Waals surface area contributed by atoms with Crippen LogP contribution in [0.3, 0.4) is 0 Å². The largest absolute Gasteiger partial charge is 0.350 e. The molecule has 3 heterocycles. The number of nitrogens with zero attached hydrogens (tertiary/aromatic N) is 2. The molecule has 27 heavy (non-hydrogen) atoms. The van der Waals surface area contributed by atoms with Gasteiger partial charge in [-0.15, -0.1) is 11.3 Å². The lowest BCUT2D eigenvalue weighted by atomic mass is 10.2. The second-order valence-corrected chi connectivity index (χ2v) is 9.34. The van der Waals surface area contributed by atoms with E-state index in [2.05, 4.69) is 10.5 Å². The van der Waals surface area contributed by atoms with Crippen molar-refractivity contribution in [3.05, 3.63) is 40.8 Å². The first kappa shape index (κ1) is 19.7. The van der Waals surface area contributed by atoms with Crippen LogP contribution >= 0.6 is 11.3 Å². The normalized spacial score (nSPS) is 18.1. The summed E-state index contributed by atoms with van der Waals surface area (Å²) in [5.41, 5.74) is 3.36. The van der Waals surface area contributed by atoms with E-state index < -0.39 is 22.2 Å². The van der Waals surface area contributed by atoms with Gasteiger partial charge in [0.05, 0.1) is 10.7 Å². The molecule has 2 aromatic heterocycles. The molecular weight excluding hydrogens is 390 g/mol. The van der Waals surface area contributed by atoms with Crippen LogP contribution in [0.25, 0.3) is 6.08 Å². The average molecular weight is 412 g/mol. The van der Waals surface area contributed by atoms with Crippen LogP contribution in [0.4, 0.5) is 0 Å². The van der Waals surface area contributed by atoms with Crippen molar-refractivity contribution < 1.29 is 22.8 Å². The summed E-state index contributed by atoms with van der Waals surface area (Å²) in [5, 5.41) is 0.692. The first-order chi connectivity index (χ1) is 12.9. The number of rotatable bonds is 6. The number of carbonyl (C=O) groups excluding carboxylic acids is 1. The topological polar surface area (TPSA) is 99.5 Å². The predicted molar refractivity (Wildman–Crippen MR) is 100 cm³/mol. The van der Waals surface area contributed by atoms with E-state index in [-0.39, 0.29) is 4.21 Å². The first-order valence-corrected chi connectivity index (χ1v) is 10.7. The van der Waals surface area contributed by atoms with Gasteiger partial charge in [0.15, 0.2) is 10.5 Å². The number of hydrogen-bond acceptors (Lipinski definition) is 7. The number of thiazole rings is 1. The molecule has 10 heteroatoms. The van der Waals surface area contributed by atoms with Gasteiger partial charge in [-0.1, -0.05) is 0 Å². The lowest BCUT2D eigenvalue weighted by molar-refractivity contribution is -0.198. The molecule has 0 bridgehead atoms. The number of carbonyl (C=O) groups is 1. The van der Waals surface area contributed by atoms with Crippen molar-refractivity contribution in [3.63, 3.8) is 0 Å². The van der Waals surface area contributed by atoms with Crippen LogP contribution in [-0.4, -0.2) is 36.2 Å². The molecule has 0 saturated carbocycles. The number of hydroxylamine groups is 1. The van der Waals surface area contributed by atoms with Gasteiger partial charge in [0.25, 0.3) is 15.9 Å². The Morgan fingerprint density at radius 3 is 2.93 bits per heavy atom. The lowest BCUT2D eigenvalue weighted by Crippen LogP contribution is -2.32. The number of ether oxygens (including phenoxy) is 1. The van der Waals surface area contributed by atoms with E-state index in [4.69, 9.17) is 9.57 Å². The molecule has 1 aliphatic heterocycles. The van der Waals surface area contributed by atoms with Crippen LogP contribution in [-0.2, 0) is 24.4 Å². The smallest absolute Gasteiger partial charge is 0.279 e. The summed E-state index contributed by atoms with van der Waals surface area (Å²) < 4.78 is 32.1. The van der Waals surface area contributed by atoms with E-state index in [1.54, 1.807) is 19.9 Å². The summed E-state index contributed by atoms with van der Waals surface area (Å²) in [6.45, 7) is 4.05. The van der Waals surface area contributed by atoms with E-state index in [1.165, 1.54) is 24.5 Å². The molecule has 2 aromatic rings. The Kier molecular flexibility index (Phi) is 6.10. The van der Waals surface area contributed by atoms with Gasteiger partial charge < -0.3 is 4.74 Å². The zero-order chi connectivity index (χ0) is 19.4. The number of nitrogens with one attached hydrogen (secondary N) is 1. The predicted octanol–water partition coefficient (Wildman–Crippen LogP) is 2.39. The number of aromatic nitrogens is 2. The Morgan fingerprint density at radius 2 is 2.26 bits per heavy atom. The fourth-order valence-electron chi connectivity index (χ4n) is 2.62.